The molecule has 3 N–H and O–H groups in total. The molecule has 0 spiro atoms. The lowest BCUT2D eigenvalue weighted by Gasteiger charge is -2.45. The van der Waals surface area contributed by atoms with Gasteiger partial charge in [0.15, 0.2) is 0 Å². The summed E-state index contributed by atoms with van der Waals surface area (Å²) in [5.41, 5.74) is -3.87. The Morgan fingerprint density at radius 3 is 2.21 bits per heavy atom. The average Bonchev–Trinajstić information content (AvgIpc) is 3.72. The highest BCUT2D eigenvalue weighted by atomic mass is 32.2. The first-order valence-corrected chi connectivity index (χ1v) is 23.2. The van der Waals surface area contributed by atoms with Crippen LogP contribution in [0, 0.1) is 17.8 Å². The van der Waals surface area contributed by atoms with Crippen LogP contribution in [0.2, 0.25) is 0 Å². The summed E-state index contributed by atoms with van der Waals surface area (Å²) < 4.78 is 78.3. The van der Waals surface area contributed by atoms with Crippen LogP contribution in [0.15, 0.2) is 47.4 Å². The van der Waals surface area contributed by atoms with Gasteiger partial charge < -0.3 is 20.1 Å². The number of allylic oxidation sites excluding steroid dienone is 1. The number of hydrogen-bond acceptors (Lipinski definition) is 12. The zero-order chi connectivity index (χ0) is 44.3. The van der Waals surface area contributed by atoms with E-state index in [1.165, 1.54) is 36.5 Å². The lowest BCUT2D eigenvalue weighted by molar-refractivity contribution is -0.222. The van der Waals surface area contributed by atoms with Crippen molar-refractivity contribution in [2.75, 3.05) is 6.54 Å². The van der Waals surface area contributed by atoms with E-state index in [2.05, 4.69) is 20.0 Å². The number of pyridine rings is 1. The minimum absolute atomic E-state index is 0.0474. The number of halogens is 3. The maximum absolute atomic E-state index is 15.1. The Morgan fingerprint density at radius 2 is 1.67 bits per heavy atom. The topological polar surface area (TPSA) is 201 Å². The van der Waals surface area contributed by atoms with Gasteiger partial charge in [0, 0.05) is 47.6 Å². The van der Waals surface area contributed by atoms with Crippen molar-refractivity contribution in [1.29, 1.82) is 0 Å². The van der Waals surface area contributed by atoms with E-state index in [1.807, 2.05) is 13.0 Å². The van der Waals surface area contributed by atoms with E-state index in [4.69, 9.17) is 9.72 Å². The third-order valence-corrected chi connectivity index (χ3v) is 16.1. The number of ether oxygens (including phenoxy) is 1. The summed E-state index contributed by atoms with van der Waals surface area (Å²) in [7, 11) is -4.13. The number of amides is 4. The number of carboxylic acid groups (broad SMARTS) is 1. The van der Waals surface area contributed by atoms with Crippen molar-refractivity contribution in [2.45, 2.75) is 120 Å². The SMILES string of the molecule is C[C@H]1CC/C=C\[C@@H]2C[C@@]2(C(=O)NS(=O)(=O)C2(C)CC2)NC(=O)[C@@H]2C[C@@H](Oc3cc(-c4nccs4)nc(-c4nccs4)c3)CN2C(=O)[C@@H](N(C(=O)O)C(C)(C)C(F)(F)F)[C@H](C)C1. The van der Waals surface area contributed by atoms with Gasteiger partial charge in [0.25, 0.3) is 5.91 Å². The number of alkyl halides is 3. The number of aromatic nitrogens is 3. The van der Waals surface area contributed by atoms with Gasteiger partial charge in [0.2, 0.25) is 21.8 Å². The number of carbonyl (C=O) groups excluding carboxylic acids is 3. The summed E-state index contributed by atoms with van der Waals surface area (Å²) in [5.74, 6) is -4.37. The first-order chi connectivity index (χ1) is 28.6. The Hall–Kier alpha value is -4.63. The summed E-state index contributed by atoms with van der Waals surface area (Å²) in [4.78, 5) is 71.4. The summed E-state index contributed by atoms with van der Waals surface area (Å²) in [6, 6.07) is -0.139. The number of carbonyl (C=O) groups is 4. The van der Waals surface area contributed by atoms with Crippen LogP contribution in [0.1, 0.15) is 79.6 Å². The second-order valence-corrected chi connectivity index (χ2v) is 21.3. The van der Waals surface area contributed by atoms with Crippen molar-refractivity contribution < 1.29 is 50.6 Å². The standard InChI is InChI=1S/C40H48F3N7O8S3/c1-22-8-6-7-9-24-20-39(24,35(53)48-61(56,57)38(5)10-11-38)47-31(51)29-19-26(58-25-17-27(32-44-12-14-59-32)46-28(18-25)33-45-13-15-60-33)21-49(29)34(52)30(23(2)16-22)50(36(54)55)37(3,4)40(41,42)43/h7,9,12-15,17-18,22-24,26,29-30H,6,8,10-11,16,19-21H2,1-5H3,(H,47,51)(H,48,53)(H,54,55)/b9-7-/t22-,23+,24+,26+,29-,30-,39+/m0/s1. The molecular weight excluding hydrogens is 860 g/mol. The predicted octanol–water partition coefficient (Wildman–Crippen LogP) is 6.25. The Morgan fingerprint density at radius 1 is 1.05 bits per heavy atom. The third kappa shape index (κ3) is 8.74. The number of nitrogens with zero attached hydrogens (tertiary/aromatic N) is 5. The fourth-order valence-electron chi connectivity index (χ4n) is 8.27. The van der Waals surface area contributed by atoms with Gasteiger partial charge in [-0.3, -0.25) is 24.0 Å². The van der Waals surface area contributed by atoms with Crippen LogP contribution in [0.5, 0.6) is 5.75 Å². The molecule has 4 amide bonds. The second-order valence-electron chi connectivity index (χ2n) is 17.4. The van der Waals surface area contributed by atoms with Crippen molar-refractivity contribution in [3.05, 3.63) is 47.4 Å². The second kappa shape index (κ2) is 16.2. The Bertz CT molecular complexity index is 2250. The molecule has 2 aliphatic heterocycles. The van der Waals surface area contributed by atoms with Gasteiger partial charge in [-0.05, 0) is 71.1 Å². The van der Waals surface area contributed by atoms with Gasteiger partial charge in [0.1, 0.15) is 56.4 Å². The molecule has 5 heterocycles. The van der Waals surface area contributed by atoms with Gasteiger partial charge in [-0.1, -0.05) is 26.0 Å². The van der Waals surface area contributed by atoms with E-state index >= 15 is 4.79 Å². The monoisotopic (exact) mass is 907 g/mol. The molecule has 0 aromatic carbocycles. The van der Waals surface area contributed by atoms with Gasteiger partial charge in [-0.2, -0.15) is 13.2 Å². The van der Waals surface area contributed by atoms with Gasteiger partial charge in [-0.15, -0.1) is 22.7 Å². The summed E-state index contributed by atoms with van der Waals surface area (Å²) in [5, 5.41) is 17.9. The molecule has 61 heavy (non-hydrogen) atoms. The summed E-state index contributed by atoms with van der Waals surface area (Å²) >= 11 is 2.66. The van der Waals surface area contributed by atoms with Crippen molar-refractivity contribution >= 4 is 56.5 Å². The average molecular weight is 908 g/mol. The van der Waals surface area contributed by atoms with Crippen LogP contribution in [0.3, 0.4) is 0 Å². The molecule has 3 aromatic heterocycles. The normalized spacial score (nSPS) is 28.6. The zero-order valence-electron chi connectivity index (χ0n) is 34.1. The summed E-state index contributed by atoms with van der Waals surface area (Å²) in [6.07, 6.45) is 0.366. The molecule has 21 heteroatoms. The van der Waals surface area contributed by atoms with Crippen molar-refractivity contribution in [3.63, 3.8) is 0 Å². The lowest BCUT2D eigenvalue weighted by Crippen LogP contribution is -2.66. The van der Waals surface area contributed by atoms with Crippen LogP contribution < -0.4 is 14.8 Å². The van der Waals surface area contributed by atoms with Gasteiger partial charge in [0.05, 0.1) is 11.3 Å². The highest BCUT2D eigenvalue weighted by Crippen LogP contribution is 2.48. The van der Waals surface area contributed by atoms with Crippen LogP contribution in [0.4, 0.5) is 18.0 Å². The first-order valence-electron chi connectivity index (χ1n) is 20.0. The number of nitrogens with one attached hydrogen (secondary N) is 2. The Labute approximate surface area is 359 Å². The molecule has 2 aliphatic carbocycles. The quantitative estimate of drug-likeness (QED) is 0.205. The third-order valence-electron chi connectivity index (χ3n) is 12.4. The van der Waals surface area contributed by atoms with Crippen LogP contribution >= 0.6 is 22.7 Å². The molecule has 0 radical (unpaired) electrons. The molecule has 2 saturated carbocycles. The molecule has 15 nitrogen and oxygen atoms in total. The lowest BCUT2D eigenvalue weighted by atomic mass is 9.85. The number of fused-ring (bicyclic) bond motifs is 2. The Balaban J connectivity index is 1.29. The van der Waals surface area contributed by atoms with Crippen LogP contribution in [-0.4, -0.2) is 109 Å². The molecular formula is C40H48F3N7O8S3. The van der Waals surface area contributed by atoms with E-state index in [0.717, 1.165) is 4.90 Å². The number of sulfonamides is 1. The van der Waals surface area contributed by atoms with E-state index < -0.39 is 85.9 Å². The number of rotatable bonds is 9. The minimum atomic E-state index is -5.10. The Kier molecular flexibility index (Phi) is 11.8. The van der Waals surface area contributed by atoms with Crippen LogP contribution in [-0.2, 0) is 24.4 Å². The highest BCUT2D eigenvalue weighted by molar-refractivity contribution is 7.91. The fourth-order valence-corrected chi connectivity index (χ4v) is 10.8. The predicted molar refractivity (Wildman–Crippen MR) is 220 cm³/mol. The number of hydrogen-bond donors (Lipinski definition) is 3. The zero-order valence-corrected chi connectivity index (χ0v) is 36.6. The highest BCUT2D eigenvalue weighted by Gasteiger charge is 2.64. The summed E-state index contributed by atoms with van der Waals surface area (Å²) in [6.45, 7) is 5.93. The molecule has 0 bridgehead atoms. The minimum Gasteiger partial charge on any atom is -0.488 e. The van der Waals surface area contributed by atoms with Gasteiger partial charge >= 0.3 is 12.3 Å². The smallest absolute Gasteiger partial charge is 0.411 e. The molecule has 3 fully saturated rings. The molecule has 0 unspecified atom stereocenters. The van der Waals surface area contributed by atoms with Crippen molar-refractivity contribution in [1.82, 2.24) is 34.8 Å². The number of thiazole rings is 2. The fraction of sp³-hybridized carbons (Fsp3) is 0.575. The largest absolute Gasteiger partial charge is 0.488 e. The van der Waals surface area contributed by atoms with E-state index in [9.17, 15) is 41.1 Å². The molecule has 7 atom stereocenters. The van der Waals surface area contributed by atoms with Crippen molar-refractivity contribution in [2.24, 2.45) is 17.8 Å². The molecule has 1 saturated heterocycles. The van der Waals surface area contributed by atoms with E-state index in [1.54, 1.807) is 41.4 Å². The molecule has 4 aliphatic rings. The van der Waals surface area contributed by atoms with E-state index in [0.29, 0.717) is 60.9 Å². The molecule has 7 rings (SSSR count). The van der Waals surface area contributed by atoms with Crippen LogP contribution in [0.25, 0.3) is 21.4 Å². The maximum Gasteiger partial charge on any atom is 0.411 e. The van der Waals surface area contributed by atoms with Crippen molar-refractivity contribution in [3.8, 4) is 27.2 Å². The molecule has 330 valence electrons. The van der Waals surface area contributed by atoms with Gasteiger partial charge in [-0.25, -0.2) is 28.2 Å². The maximum atomic E-state index is 15.1. The van der Waals surface area contributed by atoms with E-state index in [-0.39, 0.29) is 42.4 Å². The molecule has 3 aromatic rings. The first kappa shape index (κ1) is 44.4.